The van der Waals surface area contributed by atoms with Crippen molar-refractivity contribution in [3.05, 3.63) is 0 Å². The summed E-state index contributed by atoms with van der Waals surface area (Å²) in [6.45, 7) is 5.11. The summed E-state index contributed by atoms with van der Waals surface area (Å²) in [7, 11) is 0. The normalized spacial score (nSPS) is 10.7. The molecule has 0 spiro atoms. The first-order valence-corrected chi connectivity index (χ1v) is 6.70. The monoisotopic (exact) mass is 258 g/mol. The smallest absolute Gasteiger partial charge is 0.303 e. The van der Waals surface area contributed by atoms with E-state index in [1.807, 2.05) is 13.8 Å². The second kappa shape index (κ2) is 9.88. The highest BCUT2D eigenvalue weighted by Crippen LogP contribution is 2.08. The molecule has 5 nitrogen and oxygen atoms in total. The van der Waals surface area contributed by atoms with Crippen molar-refractivity contribution >= 4 is 11.9 Å². The topological polar surface area (TPSA) is 83.6 Å². The van der Waals surface area contributed by atoms with Crippen LogP contribution in [0.3, 0.4) is 0 Å². The van der Waals surface area contributed by atoms with Crippen LogP contribution in [0.1, 0.15) is 52.4 Å². The van der Waals surface area contributed by atoms with Gasteiger partial charge in [0.25, 0.3) is 0 Å². The van der Waals surface area contributed by atoms with Crippen molar-refractivity contribution in [3.63, 3.8) is 0 Å². The molecule has 0 rings (SSSR count). The maximum atomic E-state index is 12.0. The van der Waals surface area contributed by atoms with Crippen molar-refractivity contribution in [3.8, 4) is 0 Å². The van der Waals surface area contributed by atoms with Gasteiger partial charge in [0.1, 0.15) is 0 Å². The maximum absolute atomic E-state index is 12.0. The standard InChI is InChI=1S/C13H26N2O3/c1-11(2)15(10-6-8-13(17)18)12(16)7-4-3-5-9-14/h11H,3-10,14H2,1-2H3,(H,17,18). The Morgan fingerprint density at radius 3 is 2.28 bits per heavy atom. The van der Waals surface area contributed by atoms with Crippen LogP contribution in [0.5, 0.6) is 0 Å². The lowest BCUT2D eigenvalue weighted by Gasteiger charge is -2.26. The molecule has 3 N–H and O–H groups in total. The molecule has 0 heterocycles. The summed E-state index contributed by atoms with van der Waals surface area (Å²) >= 11 is 0. The largest absolute Gasteiger partial charge is 0.481 e. The number of hydrogen-bond donors (Lipinski definition) is 2. The molecule has 0 aliphatic heterocycles. The van der Waals surface area contributed by atoms with Gasteiger partial charge in [-0.3, -0.25) is 9.59 Å². The molecule has 0 atom stereocenters. The van der Waals surface area contributed by atoms with Gasteiger partial charge in [0.15, 0.2) is 0 Å². The number of carbonyl (C=O) groups excluding carboxylic acids is 1. The highest BCUT2D eigenvalue weighted by atomic mass is 16.4. The number of amides is 1. The third-order valence-electron chi connectivity index (χ3n) is 2.83. The van der Waals surface area contributed by atoms with Crippen LogP contribution >= 0.6 is 0 Å². The highest BCUT2D eigenvalue weighted by Gasteiger charge is 2.16. The Morgan fingerprint density at radius 2 is 1.78 bits per heavy atom. The van der Waals surface area contributed by atoms with E-state index in [1.54, 1.807) is 4.90 Å². The van der Waals surface area contributed by atoms with Gasteiger partial charge < -0.3 is 15.7 Å². The predicted octanol–water partition coefficient (Wildman–Crippen LogP) is 1.61. The minimum absolute atomic E-state index is 0.115. The van der Waals surface area contributed by atoms with Crippen LogP contribution in [-0.2, 0) is 9.59 Å². The summed E-state index contributed by atoms with van der Waals surface area (Å²) in [5, 5.41) is 8.59. The van der Waals surface area contributed by atoms with Gasteiger partial charge in [-0.1, -0.05) is 6.42 Å². The molecular formula is C13H26N2O3. The van der Waals surface area contributed by atoms with Crippen LogP contribution in [-0.4, -0.2) is 41.0 Å². The highest BCUT2D eigenvalue weighted by molar-refractivity contribution is 5.76. The molecule has 0 aromatic carbocycles. The summed E-state index contributed by atoms with van der Waals surface area (Å²) in [5.41, 5.74) is 5.40. The fourth-order valence-corrected chi connectivity index (χ4v) is 1.81. The maximum Gasteiger partial charge on any atom is 0.303 e. The van der Waals surface area contributed by atoms with Crippen molar-refractivity contribution in [1.29, 1.82) is 0 Å². The van der Waals surface area contributed by atoms with Crippen molar-refractivity contribution in [2.75, 3.05) is 13.1 Å². The van der Waals surface area contributed by atoms with E-state index in [9.17, 15) is 9.59 Å². The summed E-state index contributed by atoms with van der Waals surface area (Å²) in [6.07, 6.45) is 3.95. The molecule has 0 radical (unpaired) electrons. The van der Waals surface area contributed by atoms with E-state index >= 15 is 0 Å². The molecule has 0 aromatic heterocycles. The summed E-state index contributed by atoms with van der Waals surface area (Å²) in [6, 6.07) is 0.126. The Hall–Kier alpha value is -1.10. The van der Waals surface area contributed by atoms with Crippen molar-refractivity contribution < 1.29 is 14.7 Å². The van der Waals surface area contributed by atoms with E-state index in [0.29, 0.717) is 25.9 Å². The molecule has 0 saturated carbocycles. The van der Waals surface area contributed by atoms with Gasteiger partial charge in [-0.25, -0.2) is 0 Å². The van der Waals surface area contributed by atoms with Gasteiger partial charge in [-0.2, -0.15) is 0 Å². The Balaban J connectivity index is 3.99. The fraction of sp³-hybridized carbons (Fsp3) is 0.846. The van der Waals surface area contributed by atoms with Gasteiger partial charge in [0, 0.05) is 25.4 Å². The molecule has 0 unspecified atom stereocenters. The van der Waals surface area contributed by atoms with Gasteiger partial charge in [-0.15, -0.1) is 0 Å². The molecule has 0 aromatic rings. The van der Waals surface area contributed by atoms with Crippen LogP contribution in [0.2, 0.25) is 0 Å². The fourth-order valence-electron chi connectivity index (χ4n) is 1.81. The first kappa shape index (κ1) is 16.9. The molecule has 1 amide bonds. The quantitative estimate of drug-likeness (QED) is 0.583. The molecule has 5 heteroatoms. The molecular weight excluding hydrogens is 232 g/mol. The summed E-state index contributed by atoms with van der Waals surface area (Å²) in [4.78, 5) is 24.2. The van der Waals surface area contributed by atoms with E-state index in [4.69, 9.17) is 10.8 Å². The molecule has 0 saturated heterocycles. The lowest BCUT2D eigenvalue weighted by atomic mass is 10.1. The van der Waals surface area contributed by atoms with Gasteiger partial charge in [-0.05, 0) is 39.7 Å². The zero-order valence-corrected chi connectivity index (χ0v) is 11.5. The third kappa shape index (κ3) is 8.06. The zero-order valence-electron chi connectivity index (χ0n) is 11.5. The number of carboxylic acid groups (broad SMARTS) is 1. The lowest BCUT2D eigenvalue weighted by Crippen LogP contribution is -2.37. The second-order valence-electron chi connectivity index (χ2n) is 4.78. The Labute approximate surface area is 109 Å². The number of nitrogens with two attached hydrogens (primary N) is 1. The van der Waals surface area contributed by atoms with Crippen molar-refractivity contribution in [2.24, 2.45) is 5.73 Å². The van der Waals surface area contributed by atoms with Crippen molar-refractivity contribution in [1.82, 2.24) is 4.90 Å². The third-order valence-corrected chi connectivity index (χ3v) is 2.83. The van der Waals surface area contributed by atoms with E-state index in [2.05, 4.69) is 0 Å². The first-order valence-electron chi connectivity index (χ1n) is 6.70. The zero-order chi connectivity index (χ0) is 14.0. The van der Waals surface area contributed by atoms with Crippen LogP contribution in [0.15, 0.2) is 0 Å². The van der Waals surface area contributed by atoms with Crippen LogP contribution in [0.4, 0.5) is 0 Å². The molecule has 0 aliphatic carbocycles. The SMILES string of the molecule is CC(C)N(CCCC(=O)O)C(=O)CCCCCN. The van der Waals surface area contributed by atoms with Crippen LogP contribution in [0, 0.1) is 0 Å². The minimum atomic E-state index is -0.811. The number of carboxylic acids is 1. The molecule has 18 heavy (non-hydrogen) atoms. The average Bonchev–Trinajstić information content (AvgIpc) is 2.29. The number of aliphatic carboxylic acids is 1. The Kier molecular flexibility index (Phi) is 9.28. The van der Waals surface area contributed by atoms with Crippen molar-refractivity contribution in [2.45, 2.75) is 58.4 Å². The van der Waals surface area contributed by atoms with E-state index in [1.165, 1.54) is 0 Å². The van der Waals surface area contributed by atoms with Gasteiger partial charge >= 0.3 is 5.97 Å². The van der Waals surface area contributed by atoms with Crippen LogP contribution < -0.4 is 5.73 Å². The molecule has 0 fully saturated rings. The molecule has 0 aliphatic rings. The second-order valence-corrected chi connectivity index (χ2v) is 4.78. The minimum Gasteiger partial charge on any atom is -0.481 e. The summed E-state index contributed by atoms with van der Waals surface area (Å²) in [5.74, 6) is -0.693. The Bertz CT molecular complexity index is 255. The van der Waals surface area contributed by atoms with E-state index < -0.39 is 5.97 Å². The molecule has 106 valence electrons. The number of rotatable bonds is 10. The first-order chi connectivity index (χ1) is 8.49. The number of carbonyl (C=O) groups is 2. The summed E-state index contributed by atoms with van der Waals surface area (Å²) < 4.78 is 0. The van der Waals surface area contributed by atoms with E-state index in [-0.39, 0.29) is 18.4 Å². The van der Waals surface area contributed by atoms with Crippen LogP contribution in [0.25, 0.3) is 0 Å². The number of hydrogen-bond acceptors (Lipinski definition) is 3. The number of nitrogens with zero attached hydrogens (tertiary/aromatic N) is 1. The van der Waals surface area contributed by atoms with Gasteiger partial charge in [0.05, 0.1) is 0 Å². The lowest BCUT2D eigenvalue weighted by molar-refractivity contribution is -0.138. The van der Waals surface area contributed by atoms with E-state index in [0.717, 1.165) is 19.3 Å². The molecule has 0 bridgehead atoms. The average molecular weight is 258 g/mol. The van der Waals surface area contributed by atoms with Gasteiger partial charge in [0.2, 0.25) is 5.91 Å². The number of unbranched alkanes of at least 4 members (excludes halogenated alkanes) is 2. The predicted molar refractivity (Wildman–Crippen MR) is 71.2 cm³/mol. The Morgan fingerprint density at radius 1 is 1.11 bits per heavy atom.